The van der Waals surface area contributed by atoms with Gasteiger partial charge in [0.25, 0.3) is 0 Å². The van der Waals surface area contributed by atoms with Gasteiger partial charge in [0, 0.05) is 13.0 Å². The van der Waals surface area contributed by atoms with Gasteiger partial charge in [-0.25, -0.2) is 0 Å². The predicted molar refractivity (Wildman–Crippen MR) is 49.3 cm³/mol. The number of carboxylic acid groups (broad SMARTS) is 1. The molecule has 0 amide bonds. The van der Waals surface area contributed by atoms with Crippen molar-refractivity contribution >= 4 is 5.97 Å². The molecule has 2 N–H and O–H groups in total. The second-order valence-corrected chi connectivity index (χ2v) is 4.05. The van der Waals surface area contributed by atoms with Crippen molar-refractivity contribution in [2.24, 2.45) is 17.8 Å². The third-order valence-electron chi connectivity index (χ3n) is 3.16. The van der Waals surface area contributed by atoms with E-state index in [1.165, 1.54) is 0 Å². The van der Waals surface area contributed by atoms with Gasteiger partial charge in [-0.2, -0.15) is 0 Å². The lowest BCUT2D eigenvalue weighted by atomic mass is 9.95. The number of rotatable bonds is 4. The third-order valence-corrected chi connectivity index (χ3v) is 3.16. The zero-order valence-corrected chi connectivity index (χ0v) is 8.07. The molecule has 0 radical (unpaired) electrons. The Bertz CT molecular complexity index is 167. The molecule has 0 saturated heterocycles. The summed E-state index contributed by atoms with van der Waals surface area (Å²) in [6.07, 6.45) is 3.20. The molecule has 1 fully saturated rings. The molecule has 3 atom stereocenters. The van der Waals surface area contributed by atoms with E-state index >= 15 is 0 Å². The van der Waals surface area contributed by atoms with E-state index in [1.54, 1.807) is 0 Å². The number of carbonyl (C=O) groups is 1. The predicted octanol–water partition coefficient (Wildman–Crippen LogP) is 1.51. The van der Waals surface area contributed by atoms with E-state index in [0.29, 0.717) is 17.8 Å². The van der Waals surface area contributed by atoms with E-state index in [4.69, 9.17) is 10.2 Å². The van der Waals surface area contributed by atoms with Crippen LogP contribution in [0.4, 0.5) is 0 Å². The Morgan fingerprint density at radius 1 is 1.38 bits per heavy atom. The highest BCUT2D eigenvalue weighted by Crippen LogP contribution is 2.39. The van der Waals surface area contributed by atoms with Crippen LogP contribution in [-0.4, -0.2) is 22.8 Å². The molecule has 0 aromatic rings. The largest absolute Gasteiger partial charge is 0.481 e. The average molecular weight is 186 g/mol. The molecule has 0 unspecified atom stereocenters. The van der Waals surface area contributed by atoms with Gasteiger partial charge >= 0.3 is 5.97 Å². The monoisotopic (exact) mass is 186 g/mol. The highest BCUT2D eigenvalue weighted by atomic mass is 16.4. The van der Waals surface area contributed by atoms with Gasteiger partial charge in [0.2, 0.25) is 0 Å². The zero-order chi connectivity index (χ0) is 9.84. The SMILES string of the molecule is CC[C@@H]1C[C@@H](CC(=O)O)C[C@@H]1CO. The van der Waals surface area contributed by atoms with Crippen LogP contribution in [0.1, 0.15) is 32.6 Å². The summed E-state index contributed by atoms with van der Waals surface area (Å²) < 4.78 is 0. The maximum atomic E-state index is 10.5. The second kappa shape index (κ2) is 4.61. The quantitative estimate of drug-likeness (QED) is 0.699. The smallest absolute Gasteiger partial charge is 0.303 e. The van der Waals surface area contributed by atoms with Crippen LogP contribution in [0.5, 0.6) is 0 Å². The first-order valence-corrected chi connectivity index (χ1v) is 5.00. The fourth-order valence-electron chi connectivity index (χ4n) is 2.47. The minimum atomic E-state index is -0.710. The van der Waals surface area contributed by atoms with E-state index < -0.39 is 5.97 Å². The standard InChI is InChI=1S/C10H18O3/c1-2-8-3-7(5-10(12)13)4-9(8)6-11/h7-9,11H,2-6H2,1H3,(H,12,13)/t7-,8-,9-/m1/s1. The fourth-order valence-corrected chi connectivity index (χ4v) is 2.47. The van der Waals surface area contributed by atoms with E-state index in [2.05, 4.69) is 6.92 Å². The van der Waals surface area contributed by atoms with E-state index in [9.17, 15) is 4.79 Å². The lowest BCUT2D eigenvalue weighted by Gasteiger charge is -2.13. The molecule has 3 nitrogen and oxygen atoms in total. The molecular formula is C10H18O3. The summed E-state index contributed by atoms with van der Waals surface area (Å²) in [7, 11) is 0. The molecular weight excluding hydrogens is 168 g/mol. The van der Waals surface area contributed by atoms with Crippen molar-refractivity contribution in [3.8, 4) is 0 Å². The van der Waals surface area contributed by atoms with Crippen LogP contribution in [0.15, 0.2) is 0 Å². The van der Waals surface area contributed by atoms with Gasteiger partial charge in [0.05, 0.1) is 0 Å². The Kier molecular flexibility index (Phi) is 3.72. The van der Waals surface area contributed by atoms with E-state index in [-0.39, 0.29) is 13.0 Å². The van der Waals surface area contributed by atoms with Crippen LogP contribution in [0, 0.1) is 17.8 Å². The topological polar surface area (TPSA) is 57.5 Å². The number of aliphatic carboxylic acids is 1. The van der Waals surface area contributed by atoms with Gasteiger partial charge < -0.3 is 10.2 Å². The van der Waals surface area contributed by atoms with Crippen LogP contribution >= 0.6 is 0 Å². The highest BCUT2D eigenvalue weighted by Gasteiger charge is 2.33. The first-order chi connectivity index (χ1) is 6.17. The number of aliphatic hydroxyl groups is 1. The summed E-state index contributed by atoms with van der Waals surface area (Å²) in [5.41, 5.74) is 0. The van der Waals surface area contributed by atoms with Crippen molar-refractivity contribution in [2.75, 3.05) is 6.61 Å². The van der Waals surface area contributed by atoms with Gasteiger partial charge in [0.15, 0.2) is 0 Å². The van der Waals surface area contributed by atoms with Crippen molar-refractivity contribution in [1.82, 2.24) is 0 Å². The molecule has 0 aliphatic heterocycles. The number of aliphatic hydroxyl groups excluding tert-OH is 1. The molecule has 13 heavy (non-hydrogen) atoms. The molecule has 0 spiro atoms. The van der Waals surface area contributed by atoms with Crippen molar-refractivity contribution in [1.29, 1.82) is 0 Å². The normalized spacial score (nSPS) is 33.5. The molecule has 0 bridgehead atoms. The van der Waals surface area contributed by atoms with Gasteiger partial charge in [-0.3, -0.25) is 4.79 Å². The number of hydrogen-bond donors (Lipinski definition) is 2. The van der Waals surface area contributed by atoms with E-state index in [1.807, 2.05) is 0 Å². The molecule has 1 aliphatic rings. The van der Waals surface area contributed by atoms with Crippen LogP contribution in [-0.2, 0) is 4.79 Å². The highest BCUT2D eigenvalue weighted by molar-refractivity contribution is 5.67. The first kappa shape index (κ1) is 10.5. The Hall–Kier alpha value is -0.570. The molecule has 1 saturated carbocycles. The third kappa shape index (κ3) is 2.69. The van der Waals surface area contributed by atoms with Crippen molar-refractivity contribution < 1.29 is 15.0 Å². The summed E-state index contributed by atoms with van der Waals surface area (Å²) in [4.78, 5) is 10.5. The minimum Gasteiger partial charge on any atom is -0.481 e. The van der Waals surface area contributed by atoms with Gasteiger partial charge in [-0.15, -0.1) is 0 Å². The van der Waals surface area contributed by atoms with Crippen LogP contribution in [0.25, 0.3) is 0 Å². The average Bonchev–Trinajstić information content (AvgIpc) is 2.45. The van der Waals surface area contributed by atoms with Crippen molar-refractivity contribution in [3.63, 3.8) is 0 Å². The van der Waals surface area contributed by atoms with Gasteiger partial charge in [-0.05, 0) is 30.6 Å². The molecule has 0 aromatic heterocycles. The number of hydrogen-bond acceptors (Lipinski definition) is 2. The summed E-state index contributed by atoms with van der Waals surface area (Å²) >= 11 is 0. The second-order valence-electron chi connectivity index (χ2n) is 4.05. The molecule has 0 aromatic carbocycles. The summed E-state index contributed by atoms with van der Waals surface area (Å²) in [5.74, 6) is 0.460. The summed E-state index contributed by atoms with van der Waals surface area (Å²) in [6.45, 7) is 2.32. The maximum Gasteiger partial charge on any atom is 0.303 e. The fraction of sp³-hybridized carbons (Fsp3) is 0.900. The van der Waals surface area contributed by atoms with Gasteiger partial charge in [-0.1, -0.05) is 13.3 Å². The first-order valence-electron chi connectivity index (χ1n) is 5.00. The Labute approximate surface area is 78.8 Å². The lowest BCUT2D eigenvalue weighted by molar-refractivity contribution is -0.138. The molecule has 1 rings (SSSR count). The van der Waals surface area contributed by atoms with Crippen LogP contribution < -0.4 is 0 Å². The number of carboxylic acids is 1. The molecule has 3 heteroatoms. The van der Waals surface area contributed by atoms with Crippen LogP contribution in [0.3, 0.4) is 0 Å². The van der Waals surface area contributed by atoms with Crippen molar-refractivity contribution in [3.05, 3.63) is 0 Å². The Balaban J connectivity index is 2.43. The molecule has 76 valence electrons. The Morgan fingerprint density at radius 3 is 2.38 bits per heavy atom. The lowest BCUT2D eigenvalue weighted by Crippen LogP contribution is -2.10. The van der Waals surface area contributed by atoms with Gasteiger partial charge in [0.1, 0.15) is 0 Å². The van der Waals surface area contributed by atoms with E-state index in [0.717, 1.165) is 19.3 Å². The summed E-state index contributed by atoms with van der Waals surface area (Å²) in [6, 6.07) is 0. The summed E-state index contributed by atoms with van der Waals surface area (Å²) in [5, 5.41) is 17.7. The molecule has 1 aliphatic carbocycles. The zero-order valence-electron chi connectivity index (χ0n) is 8.07. The maximum absolute atomic E-state index is 10.5. The minimum absolute atomic E-state index is 0.217. The van der Waals surface area contributed by atoms with Crippen molar-refractivity contribution in [2.45, 2.75) is 32.6 Å². The molecule has 0 heterocycles. The van der Waals surface area contributed by atoms with Crippen LogP contribution in [0.2, 0.25) is 0 Å². The Morgan fingerprint density at radius 2 is 2.00 bits per heavy atom.